The van der Waals surface area contributed by atoms with Crippen molar-refractivity contribution in [3.63, 3.8) is 0 Å². The maximum Gasteiger partial charge on any atom is 0.159 e. The van der Waals surface area contributed by atoms with Crippen LogP contribution in [0.5, 0.6) is 5.75 Å². The normalized spacial score (nSPS) is 17.2. The van der Waals surface area contributed by atoms with E-state index in [9.17, 15) is 8.78 Å². The summed E-state index contributed by atoms with van der Waals surface area (Å²) in [7, 11) is 0. The van der Waals surface area contributed by atoms with Gasteiger partial charge in [-0.15, -0.1) is 0 Å². The topological polar surface area (TPSA) is 35.2 Å². The lowest BCUT2D eigenvalue weighted by molar-refractivity contribution is 0.138. The van der Waals surface area contributed by atoms with Crippen LogP contribution in [-0.4, -0.2) is 5.60 Å². The first-order chi connectivity index (χ1) is 9.85. The number of benzene rings is 2. The van der Waals surface area contributed by atoms with Crippen LogP contribution in [-0.2, 0) is 6.42 Å². The molecule has 21 heavy (non-hydrogen) atoms. The lowest BCUT2D eigenvalue weighted by atomic mass is 9.95. The summed E-state index contributed by atoms with van der Waals surface area (Å²) in [6.45, 7) is 4.06. The lowest BCUT2D eigenvalue weighted by Gasteiger charge is -2.16. The van der Waals surface area contributed by atoms with E-state index in [-0.39, 0.29) is 5.60 Å². The highest BCUT2D eigenvalue weighted by Crippen LogP contribution is 2.36. The number of rotatable bonds is 2. The van der Waals surface area contributed by atoms with E-state index < -0.39 is 17.7 Å². The molecule has 4 heteroatoms. The summed E-state index contributed by atoms with van der Waals surface area (Å²) in [5.41, 5.74) is 8.46. The van der Waals surface area contributed by atoms with Gasteiger partial charge in [-0.1, -0.05) is 18.2 Å². The minimum atomic E-state index is -0.881. The fourth-order valence-corrected chi connectivity index (χ4v) is 2.72. The first-order valence-corrected chi connectivity index (χ1v) is 6.88. The molecule has 0 aromatic heterocycles. The van der Waals surface area contributed by atoms with Crippen LogP contribution >= 0.6 is 0 Å². The number of hydrogen-bond acceptors (Lipinski definition) is 2. The quantitative estimate of drug-likeness (QED) is 0.914. The smallest absolute Gasteiger partial charge is 0.159 e. The van der Waals surface area contributed by atoms with E-state index in [0.717, 1.165) is 35.4 Å². The molecule has 1 heterocycles. The molecular formula is C17H17F2NO. The third kappa shape index (κ3) is 2.63. The number of halogens is 2. The summed E-state index contributed by atoms with van der Waals surface area (Å²) in [6, 6.07) is 9.00. The molecule has 2 aromatic carbocycles. The van der Waals surface area contributed by atoms with Gasteiger partial charge in [0, 0.05) is 6.42 Å². The highest BCUT2D eigenvalue weighted by atomic mass is 19.2. The molecule has 1 unspecified atom stereocenters. The summed E-state index contributed by atoms with van der Waals surface area (Å²) in [5, 5.41) is 0. The van der Waals surface area contributed by atoms with Crippen LogP contribution in [0.2, 0.25) is 0 Å². The largest absolute Gasteiger partial charge is 0.487 e. The van der Waals surface area contributed by atoms with Crippen molar-refractivity contribution in [1.29, 1.82) is 0 Å². The molecule has 2 aromatic rings. The van der Waals surface area contributed by atoms with Crippen LogP contribution in [0.3, 0.4) is 0 Å². The zero-order valence-corrected chi connectivity index (χ0v) is 12.0. The van der Waals surface area contributed by atoms with Crippen molar-refractivity contribution in [2.45, 2.75) is 31.9 Å². The number of ether oxygens (including phenoxy) is 1. The molecule has 0 spiro atoms. The van der Waals surface area contributed by atoms with E-state index in [4.69, 9.17) is 10.5 Å². The minimum Gasteiger partial charge on any atom is -0.487 e. The lowest BCUT2D eigenvalue weighted by Crippen LogP contribution is -2.24. The van der Waals surface area contributed by atoms with Gasteiger partial charge in [0.25, 0.3) is 0 Å². The van der Waals surface area contributed by atoms with E-state index in [1.165, 1.54) is 6.07 Å². The molecule has 1 aliphatic heterocycles. The summed E-state index contributed by atoms with van der Waals surface area (Å²) < 4.78 is 32.1. The molecule has 0 amide bonds. The molecule has 2 nitrogen and oxygen atoms in total. The summed E-state index contributed by atoms with van der Waals surface area (Å²) in [5.74, 6) is -0.884. The molecule has 2 N–H and O–H groups in total. The van der Waals surface area contributed by atoms with Gasteiger partial charge in [0.05, 0.1) is 6.04 Å². The Kier molecular flexibility index (Phi) is 3.21. The Morgan fingerprint density at radius 2 is 1.71 bits per heavy atom. The highest BCUT2D eigenvalue weighted by molar-refractivity contribution is 5.44. The second kappa shape index (κ2) is 4.81. The molecule has 0 saturated carbocycles. The molecule has 1 aliphatic rings. The summed E-state index contributed by atoms with van der Waals surface area (Å²) >= 11 is 0. The van der Waals surface area contributed by atoms with Gasteiger partial charge >= 0.3 is 0 Å². The van der Waals surface area contributed by atoms with Crippen molar-refractivity contribution < 1.29 is 13.5 Å². The van der Waals surface area contributed by atoms with Gasteiger partial charge in [0.15, 0.2) is 11.6 Å². The Bertz CT molecular complexity index is 697. The number of nitrogens with two attached hydrogens (primary N) is 1. The van der Waals surface area contributed by atoms with Gasteiger partial charge in [-0.25, -0.2) is 8.78 Å². The molecular weight excluding hydrogens is 272 g/mol. The molecule has 3 rings (SSSR count). The van der Waals surface area contributed by atoms with Crippen molar-refractivity contribution in [2.75, 3.05) is 0 Å². The minimum absolute atomic E-state index is 0.215. The maximum atomic E-state index is 13.3. The Hall–Kier alpha value is -1.94. The number of fused-ring (bicyclic) bond motifs is 1. The van der Waals surface area contributed by atoms with Crippen molar-refractivity contribution in [3.8, 4) is 5.75 Å². The Morgan fingerprint density at radius 3 is 2.43 bits per heavy atom. The Morgan fingerprint density at radius 1 is 1.05 bits per heavy atom. The SMILES string of the molecule is CC1(C)Cc2cc(C(N)c3ccc(F)c(F)c3)ccc2O1. The molecule has 110 valence electrons. The summed E-state index contributed by atoms with van der Waals surface area (Å²) in [4.78, 5) is 0. The standard InChI is InChI=1S/C17H17F2NO/c1-17(2)9-12-7-10(4-6-15(12)21-17)16(20)11-3-5-13(18)14(19)8-11/h3-8,16H,9,20H2,1-2H3. The van der Waals surface area contributed by atoms with Crippen molar-refractivity contribution in [1.82, 2.24) is 0 Å². The van der Waals surface area contributed by atoms with E-state index >= 15 is 0 Å². The third-order valence-electron chi connectivity index (χ3n) is 3.75. The molecule has 0 aliphatic carbocycles. The fraction of sp³-hybridized carbons (Fsp3) is 0.294. The molecule has 0 fully saturated rings. The van der Waals surface area contributed by atoms with Crippen molar-refractivity contribution in [3.05, 3.63) is 64.7 Å². The molecule has 0 bridgehead atoms. The van der Waals surface area contributed by atoms with Gasteiger partial charge in [-0.3, -0.25) is 0 Å². The van der Waals surface area contributed by atoms with Gasteiger partial charge in [0.2, 0.25) is 0 Å². The predicted molar refractivity (Wildman–Crippen MR) is 77.2 cm³/mol. The van der Waals surface area contributed by atoms with Gasteiger partial charge in [-0.2, -0.15) is 0 Å². The maximum absolute atomic E-state index is 13.3. The third-order valence-corrected chi connectivity index (χ3v) is 3.75. The average molecular weight is 289 g/mol. The first-order valence-electron chi connectivity index (χ1n) is 6.88. The second-order valence-electron chi connectivity index (χ2n) is 6.06. The predicted octanol–water partition coefficient (Wildman–Crippen LogP) is 3.73. The van der Waals surface area contributed by atoms with Crippen LogP contribution < -0.4 is 10.5 Å². The van der Waals surface area contributed by atoms with Crippen LogP contribution in [0.1, 0.15) is 36.6 Å². The van der Waals surface area contributed by atoms with Gasteiger partial charge < -0.3 is 10.5 Å². The monoisotopic (exact) mass is 289 g/mol. The van der Waals surface area contributed by atoms with E-state index in [1.54, 1.807) is 0 Å². The fourth-order valence-electron chi connectivity index (χ4n) is 2.72. The van der Waals surface area contributed by atoms with E-state index in [1.807, 2.05) is 32.0 Å². The number of hydrogen-bond donors (Lipinski definition) is 1. The molecule has 1 atom stereocenters. The van der Waals surface area contributed by atoms with Crippen LogP contribution in [0, 0.1) is 11.6 Å². The second-order valence-corrected chi connectivity index (χ2v) is 6.06. The summed E-state index contributed by atoms with van der Waals surface area (Å²) in [6.07, 6.45) is 0.806. The van der Waals surface area contributed by atoms with Gasteiger partial charge in [-0.05, 0) is 48.7 Å². The van der Waals surface area contributed by atoms with Crippen molar-refractivity contribution >= 4 is 0 Å². The molecule has 0 saturated heterocycles. The Balaban J connectivity index is 1.93. The Labute approximate surface area is 122 Å². The first kappa shape index (κ1) is 14.0. The van der Waals surface area contributed by atoms with E-state index in [0.29, 0.717) is 5.56 Å². The van der Waals surface area contributed by atoms with Crippen LogP contribution in [0.15, 0.2) is 36.4 Å². The average Bonchev–Trinajstić information content (AvgIpc) is 2.73. The zero-order valence-electron chi connectivity index (χ0n) is 12.0. The van der Waals surface area contributed by atoms with Crippen LogP contribution in [0.25, 0.3) is 0 Å². The van der Waals surface area contributed by atoms with E-state index in [2.05, 4.69) is 0 Å². The van der Waals surface area contributed by atoms with Crippen molar-refractivity contribution in [2.24, 2.45) is 5.73 Å². The van der Waals surface area contributed by atoms with Gasteiger partial charge in [0.1, 0.15) is 11.4 Å². The highest BCUT2D eigenvalue weighted by Gasteiger charge is 2.30. The molecule has 0 radical (unpaired) electrons. The van der Waals surface area contributed by atoms with Crippen LogP contribution in [0.4, 0.5) is 8.78 Å². The zero-order chi connectivity index (χ0) is 15.2.